The summed E-state index contributed by atoms with van der Waals surface area (Å²) in [7, 11) is 0.825. The zero-order chi connectivity index (χ0) is 18.0. The molecule has 1 aromatic carbocycles. The van der Waals surface area contributed by atoms with Gasteiger partial charge in [0.05, 0.1) is 7.11 Å². The maximum Gasteiger partial charge on any atom is 0.341 e. The Hall–Kier alpha value is -1.20. The monoisotopic (exact) mass is 355 g/mol. The van der Waals surface area contributed by atoms with E-state index < -0.39 is 18.8 Å². The van der Waals surface area contributed by atoms with Crippen LogP contribution in [0.4, 0.5) is 0 Å². The molecule has 134 valence electrons. The molecule has 0 aliphatic heterocycles. The second-order valence-corrected chi connectivity index (χ2v) is 8.94. The van der Waals surface area contributed by atoms with Crippen molar-refractivity contribution < 1.29 is 23.1 Å². The topological polar surface area (TPSA) is 73.9 Å². The molecule has 0 spiro atoms. The van der Waals surface area contributed by atoms with Crippen molar-refractivity contribution in [1.29, 1.82) is 0 Å². The third-order valence-corrected chi connectivity index (χ3v) is 7.92. The maximum atomic E-state index is 13.3. The van der Waals surface area contributed by atoms with Gasteiger partial charge in [0.1, 0.15) is 11.2 Å². The van der Waals surface area contributed by atoms with Gasteiger partial charge in [-0.3, -0.25) is 9.36 Å². The van der Waals surface area contributed by atoms with E-state index in [2.05, 4.69) is 5.32 Å². The number of hydrogen-bond acceptors (Lipinski definition) is 6. The molecule has 1 aromatic rings. The molecule has 0 radical (unpaired) electrons. The van der Waals surface area contributed by atoms with Crippen LogP contribution in [0, 0.1) is 5.41 Å². The number of carbonyl (C=O) groups excluding carboxylic acids is 1. The van der Waals surface area contributed by atoms with Gasteiger partial charge < -0.3 is 19.1 Å². The molecular formula is C17H26NO5P. The predicted octanol–water partition coefficient (Wildman–Crippen LogP) is 2.93. The smallest absolute Gasteiger partial charge is 0.341 e. The number of benzene rings is 1. The third kappa shape index (κ3) is 2.93. The number of rotatable bonds is 8. The van der Waals surface area contributed by atoms with E-state index in [1.807, 2.05) is 37.3 Å². The summed E-state index contributed by atoms with van der Waals surface area (Å²) >= 11 is 0. The second kappa shape index (κ2) is 6.96. The van der Waals surface area contributed by atoms with Crippen molar-refractivity contribution in [3.8, 4) is 0 Å². The van der Waals surface area contributed by atoms with E-state index in [1.165, 1.54) is 21.3 Å². The SMILES string of the molecule is COC(=O)[C@H](C)NC[C@]1(C)C[C@@]1(c1ccccc1)P(=O)(OC)OC. The first kappa shape index (κ1) is 19.1. The summed E-state index contributed by atoms with van der Waals surface area (Å²) in [5, 5.41) is 2.45. The van der Waals surface area contributed by atoms with E-state index in [-0.39, 0.29) is 11.4 Å². The zero-order valence-corrected chi connectivity index (χ0v) is 15.8. The van der Waals surface area contributed by atoms with Crippen LogP contribution < -0.4 is 5.32 Å². The highest BCUT2D eigenvalue weighted by Crippen LogP contribution is 2.83. The first-order valence-corrected chi connectivity index (χ1v) is 9.43. The Bertz CT molecular complexity index is 629. The molecule has 7 heteroatoms. The van der Waals surface area contributed by atoms with E-state index in [1.54, 1.807) is 6.92 Å². The van der Waals surface area contributed by atoms with Gasteiger partial charge in [0, 0.05) is 26.2 Å². The van der Waals surface area contributed by atoms with Crippen molar-refractivity contribution in [3.63, 3.8) is 0 Å². The molecule has 24 heavy (non-hydrogen) atoms. The van der Waals surface area contributed by atoms with Gasteiger partial charge in [-0.2, -0.15) is 0 Å². The Morgan fingerprint density at radius 2 is 1.83 bits per heavy atom. The Morgan fingerprint density at radius 1 is 1.25 bits per heavy atom. The summed E-state index contributed by atoms with van der Waals surface area (Å²) < 4.78 is 28.8. The summed E-state index contributed by atoms with van der Waals surface area (Å²) in [4.78, 5) is 11.6. The highest BCUT2D eigenvalue weighted by molar-refractivity contribution is 7.55. The van der Waals surface area contributed by atoms with E-state index in [9.17, 15) is 9.36 Å². The van der Waals surface area contributed by atoms with Gasteiger partial charge in [-0.15, -0.1) is 0 Å². The minimum Gasteiger partial charge on any atom is -0.468 e. The fourth-order valence-corrected chi connectivity index (χ4v) is 6.02. The lowest BCUT2D eigenvalue weighted by Crippen LogP contribution is -2.39. The molecule has 1 N–H and O–H groups in total. The van der Waals surface area contributed by atoms with Crippen LogP contribution in [0.2, 0.25) is 0 Å². The molecule has 0 aromatic heterocycles. The molecule has 0 heterocycles. The van der Waals surface area contributed by atoms with Gasteiger partial charge in [0.25, 0.3) is 0 Å². The van der Waals surface area contributed by atoms with Crippen LogP contribution in [0.25, 0.3) is 0 Å². The highest BCUT2D eigenvalue weighted by atomic mass is 31.2. The van der Waals surface area contributed by atoms with Crippen LogP contribution >= 0.6 is 7.60 Å². The minimum absolute atomic E-state index is 0.328. The predicted molar refractivity (Wildman–Crippen MR) is 91.9 cm³/mol. The first-order valence-electron chi connectivity index (χ1n) is 7.88. The van der Waals surface area contributed by atoms with E-state index in [0.717, 1.165) is 5.56 Å². The molecule has 6 nitrogen and oxygen atoms in total. The molecule has 1 fully saturated rings. The first-order chi connectivity index (χ1) is 11.3. The van der Waals surface area contributed by atoms with Gasteiger partial charge >= 0.3 is 13.6 Å². The van der Waals surface area contributed by atoms with Crippen LogP contribution in [-0.2, 0) is 28.3 Å². The molecule has 1 aliphatic rings. The fourth-order valence-electron chi connectivity index (χ4n) is 3.50. The molecule has 1 aliphatic carbocycles. The molecule has 3 atom stereocenters. The fraction of sp³-hybridized carbons (Fsp3) is 0.588. The van der Waals surface area contributed by atoms with Gasteiger partial charge in [-0.25, -0.2) is 0 Å². The normalized spacial score (nSPS) is 27.5. The molecule has 2 rings (SSSR count). The number of esters is 1. The minimum atomic E-state index is -3.36. The summed E-state index contributed by atoms with van der Waals surface area (Å²) in [6.07, 6.45) is 0.643. The van der Waals surface area contributed by atoms with Gasteiger partial charge in [0.2, 0.25) is 0 Å². The van der Waals surface area contributed by atoms with Gasteiger partial charge in [-0.05, 0) is 18.9 Å². The second-order valence-electron chi connectivity index (χ2n) is 6.45. The van der Waals surface area contributed by atoms with Crippen LogP contribution in [-0.4, -0.2) is 39.9 Å². The summed E-state index contributed by atoms with van der Waals surface area (Å²) in [6, 6.07) is 9.19. The average molecular weight is 355 g/mol. The van der Waals surface area contributed by atoms with Gasteiger partial charge in [-0.1, -0.05) is 37.3 Å². The van der Waals surface area contributed by atoms with Gasteiger partial charge in [0.15, 0.2) is 0 Å². The summed E-state index contributed by atoms with van der Waals surface area (Å²) in [6.45, 7) is 4.27. The van der Waals surface area contributed by atoms with Crippen molar-refractivity contribution in [2.24, 2.45) is 5.41 Å². The zero-order valence-electron chi connectivity index (χ0n) is 14.9. The number of carbonyl (C=O) groups is 1. The molecule has 1 saturated carbocycles. The quantitative estimate of drug-likeness (QED) is 0.571. The highest BCUT2D eigenvalue weighted by Gasteiger charge is 2.75. The van der Waals surface area contributed by atoms with Crippen molar-refractivity contribution >= 4 is 13.6 Å². The Morgan fingerprint density at radius 3 is 2.33 bits per heavy atom. The van der Waals surface area contributed by atoms with Crippen LogP contribution in [0.3, 0.4) is 0 Å². The number of nitrogens with one attached hydrogen (secondary N) is 1. The van der Waals surface area contributed by atoms with E-state index in [0.29, 0.717) is 13.0 Å². The van der Waals surface area contributed by atoms with Crippen molar-refractivity contribution in [2.45, 2.75) is 31.5 Å². The van der Waals surface area contributed by atoms with E-state index >= 15 is 0 Å². The standard InChI is InChI=1S/C17H26NO5P/c1-13(15(19)21-3)18-12-16(2)11-17(16,24(20,22-4)23-5)14-9-7-6-8-10-14/h6-10,13,18H,11-12H2,1-5H3/t13-,16-,17-/m0/s1. The molecule has 0 saturated heterocycles. The molecule has 0 bridgehead atoms. The van der Waals surface area contributed by atoms with Crippen LogP contribution in [0.5, 0.6) is 0 Å². The maximum absolute atomic E-state index is 13.3. The largest absolute Gasteiger partial charge is 0.468 e. The summed E-state index contributed by atoms with van der Waals surface area (Å²) in [5.41, 5.74) is 0.560. The number of ether oxygens (including phenoxy) is 1. The van der Waals surface area contributed by atoms with Crippen LogP contribution in [0.1, 0.15) is 25.8 Å². The molecular weight excluding hydrogens is 329 g/mol. The van der Waals surface area contributed by atoms with Crippen molar-refractivity contribution in [3.05, 3.63) is 35.9 Å². The lowest BCUT2D eigenvalue weighted by atomic mass is 10.00. The third-order valence-electron chi connectivity index (χ3n) is 5.07. The molecule has 0 unspecified atom stereocenters. The summed E-state index contributed by atoms with van der Waals surface area (Å²) in [5.74, 6) is -0.328. The average Bonchev–Trinajstić information content (AvgIpc) is 3.27. The lowest BCUT2D eigenvalue weighted by molar-refractivity contribution is -0.142. The van der Waals surface area contributed by atoms with Crippen LogP contribution in [0.15, 0.2) is 30.3 Å². The Kier molecular flexibility index (Phi) is 5.55. The van der Waals surface area contributed by atoms with Crippen molar-refractivity contribution in [2.75, 3.05) is 27.9 Å². The van der Waals surface area contributed by atoms with E-state index in [4.69, 9.17) is 13.8 Å². The van der Waals surface area contributed by atoms with Crippen molar-refractivity contribution in [1.82, 2.24) is 5.32 Å². The Balaban J connectivity index is 2.32. The lowest BCUT2D eigenvalue weighted by Gasteiger charge is -2.30. The Labute approximate surface area is 143 Å². The molecule has 0 amide bonds. The number of methoxy groups -OCH3 is 1. The number of hydrogen-bond donors (Lipinski definition) is 1.